The number of rotatable bonds is 9. The number of carbonyl (C=O) groups excluding carboxylic acids is 1. The predicted octanol–water partition coefficient (Wildman–Crippen LogP) is 3.69. The van der Waals surface area contributed by atoms with Crippen LogP contribution in [-0.2, 0) is 11.3 Å². The molecule has 2 aromatic carbocycles. The molecule has 3 N–H and O–H groups in total. The van der Waals surface area contributed by atoms with E-state index in [2.05, 4.69) is 28.5 Å². The number of carbonyl (C=O) groups is 1. The minimum atomic E-state index is -2.95. The Balaban J connectivity index is 1.58. The van der Waals surface area contributed by atoms with Gasteiger partial charge in [0, 0.05) is 11.3 Å². The summed E-state index contributed by atoms with van der Waals surface area (Å²) >= 11 is 0. The van der Waals surface area contributed by atoms with Crippen LogP contribution in [0.2, 0.25) is 0 Å². The highest BCUT2D eigenvalue weighted by atomic mass is 19.3. The molecule has 1 aliphatic rings. The zero-order valence-electron chi connectivity index (χ0n) is 17.3. The van der Waals surface area contributed by atoms with Gasteiger partial charge in [0.2, 0.25) is 5.91 Å². The molecule has 30 heavy (non-hydrogen) atoms. The maximum Gasteiger partial charge on any atom is 0.387 e. The fourth-order valence-electron chi connectivity index (χ4n) is 4.03. The number of hydrogen-bond acceptors (Lipinski definition) is 3. The zero-order valence-corrected chi connectivity index (χ0v) is 17.3. The largest absolute Gasteiger partial charge is 0.433 e. The van der Waals surface area contributed by atoms with Crippen LogP contribution >= 0.6 is 0 Å². The summed E-state index contributed by atoms with van der Waals surface area (Å²) in [4.78, 5) is 13.9. The van der Waals surface area contributed by atoms with Gasteiger partial charge in [0.15, 0.2) is 0 Å². The number of amides is 1. The highest BCUT2D eigenvalue weighted by molar-refractivity contribution is 5.95. The molecule has 0 saturated heterocycles. The van der Waals surface area contributed by atoms with E-state index in [-0.39, 0.29) is 23.9 Å². The molecule has 0 bridgehead atoms. The van der Waals surface area contributed by atoms with Gasteiger partial charge in [0.1, 0.15) is 12.3 Å². The second kappa shape index (κ2) is 10.9. The number of benzene rings is 2. The molecular formula is C23H30F2N3O2+. The second-order valence-corrected chi connectivity index (χ2v) is 7.79. The SMILES string of the molecule is C[NH+](Cc1ccccc1NCC(=O)Nc1ccccc1OC(F)F)C1CCCCC1. The summed E-state index contributed by atoms with van der Waals surface area (Å²) in [6.45, 7) is -2.03. The normalized spacial score (nSPS) is 15.6. The van der Waals surface area contributed by atoms with Crippen molar-refractivity contribution < 1.29 is 23.2 Å². The quantitative estimate of drug-likeness (QED) is 0.582. The lowest BCUT2D eigenvalue weighted by Gasteiger charge is -2.28. The van der Waals surface area contributed by atoms with E-state index in [1.807, 2.05) is 18.2 Å². The maximum atomic E-state index is 12.5. The first-order chi connectivity index (χ1) is 14.5. The smallest absolute Gasteiger partial charge is 0.387 e. The molecule has 0 heterocycles. The van der Waals surface area contributed by atoms with Gasteiger partial charge < -0.3 is 20.3 Å². The molecule has 1 atom stereocenters. The van der Waals surface area contributed by atoms with Crippen molar-refractivity contribution in [2.45, 2.75) is 51.3 Å². The molecule has 7 heteroatoms. The predicted molar refractivity (Wildman–Crippen MR) is 114 cm³/mol. The van der Waals surface area contributed by atoms with Crippen molar-refractivity contribution in [3.63, 3.8) is 0 Å². The minimum absolute atomic E-state index is 0.0303. The van der Waals surface area contributed by atoms with Gasteiger partial charge in [-0.05, 0) is 43.9 Å². The summed E-state index contributed by atoms with van der Waals surface area (Å²) in [5.74, 6) is -0.387. The Labute approximate surface area is 176 Å². The Morgan fingerprint density at radius 3 is 2.47 bits per heavy atom. The van der Waals surface area contributed by atoms with E-state index in [4.69, 9.17) is 0 Å². The van der Waals surface area contributed by atoms with Gasteiger partial charge in [0.25, 0.3) is 0 Å². The van der Waals surface area contributed by atoms with Crippen LogP contribution in [0.3, 0.4) is 0 Å². The number of nitrogens with one attached hydrogen (secondary N) is 3. The van der Waals surface area contributed by atoms with Crippen LogP contribution in [0, 0.1) is 0 Å². The van der Waals surface area contributed by atoms with Crippen LogP contribution in [-0.4, -0.2) is 32.2 Å². The topological polar surface area (TPSA) is 54.8 Å². The molecule has 1 saturated carbocycles. The van der Waals surface area contributed by atoms with E-state index in [1.165, 1.54) is 49.1 Å². The van der Waals surface area contributed by atoms with E-state index >= 15 is 0 Å². The number of ether oxygens (including phenoxy) is 1. The van der Waals surface area contributed by atoms with E-state index in [9.17, 15) is 13.6 Å². The number of quaternary nitrogens is 1. The monoisotopic (exact) mass is 418 g/mol. The van der Waals surface area contributed by atoms with Crippen LogP contribution in [0.5, 0.6) is 5.75 Å². The van der Waals surface area contributed by atoms with Crippen LogP contribution in [0.15, 0.2) is 48.5 Å². The first kappa shape index (κ1) is 22.0. The highest BCUT2D eigenvalue weighted by Crippen LogP contribution is 2.25. The zero-order chi connectivity index (χ0) is 21.3. The van der Waals surface area contributed by atoms with Crippen molar-refractivity contribution in [1.29, 1.82) is 0 Å². The number of halogens is 2. The average molecular weight is 419 g/mol. The Morgan fingerprint density at radius 1 is 1.07 bits per heavy atom. The maximum absolute atomic E-state index is 12.5. The van der Waals surface area contributed by atoms with Crippen molar-refractivity contribution >= 4 is 17.3 Å². The molecule has 0 spiro atoms. The number of hydrogen-bond donors (Lipinski definition) is 3. The standard InChI is InChI=1S/C23H29F2N3O2/c1-28(18-10-3-2-4-11-18)16-17-9-5-6-12-19(17)26-15-22(29)27-20-13-7-8-14-21(20)30-23(24)25/h5-9,12-14,18,23,26H,2-4,10-11,15-16H2,1H3,(H,27,29)/p+1. The third-order valence-corrected chi connectivity index (χ3v) is 5.61. The lowest BCUT2D eigenvalue weighted by molar-refractivity contribution is -0.921. The summed E-state index contributed by atoms with van der Waals surface area (Å²) in [5.41, 5.74) is 2.30. The van der Waals surface area contributed by atoms with Crippen molar-refractivity contribution in [2.75, 3.05) is 24.2 Å². The molecule has 3 rings (SSSR count). The van der Waals surface area contributed by atoms with Crippen molar-refractivity contribution in [3.05, 3.63) is 54.1 Å². The van der Waals surface area contributed by atoms with Gasteiger partial charge in [0.05, 0.1) is 25.3 Å². The van der Waals surface area contributed by atoms with Gasteiger partial charge in [-0.15, -0.1) is 0 Å². The van der Waals surface area contributed by atoms with E-state index in [0.717, 1.165) is 17.8 Å². The van der Waals surface area contributed by atoms with E-state index in [1.54, 1.807) is 12.1 Å². The summed E-state index contributed by atoms with van der Waals surface area (Å²) in [6, 6.07) is 14.8. The average Bonchev–Trinajstić information content (AvgIpc) is 2.75. The third-order valence-electron chi connectivity index (χ3n) is 5.61. The van der Waals surface area contributed by atoms with Gasteiger partial charge >= 0.3 is 6.61 Å². The fourth-order valence-corrected chi connectivity index (χ4v) is 4.03. The van der Waals surface area contributed by atoms with Gasteiger partial charge in [-0.2, -0.15) is 8.78 Å². The summed E-state index contributed by atoms with van der Waals surface area (Å²) in [5, 5.41) is 5.82. The Bertz CT molecular complexity index is 826. The molecule has 0 aromatic heterocycles. The van der Waals surface area contributed by atoms with E-state index < -0.39 is 6.61 Å². The lowest BCUT2D eigenvalue weighted by atomic mass is 9.94. The molecule has 1 unspecified atom stereocenters. The van der Waals surface area contributed by atoms with Crippen LogP contribution < -0.4 is 20.3 Å². The minimum Gasteiger partial charge on any atom is -0.433 e. The van der Waals surface area contributed by atoms with Gasteiger partial charge in [-0.25, -0.2) is 0 Å². The summed E-state index contributed by atoms with van der Waals surface area (Å²) in [6.07, 6.45) is 6.48. The fraction of sp³-hybridized carbons (Fsp3) is 0.435. The Morgan fingerprint density at radius 2 is 1.73 bits per heavy atom. The highest BCUT2D eigenvalue weighted by Gasteiger charge is 2.22. The van der Waals surface area contributed by atoms with Crippen molar-refractivity contribution in [3.8, 4) is 5.75 Å². The molecule has 162 valence electrons. The molecule has 0 aliphatic heterocycles. The molecule has 2 aromatic rings. The molecule has 1 fully saturated rings. The third kappa shape index (κ3) is 6.42. The summed E-state index contributed by atoms with van der Waals surface area (Å²) in [7, 11) is 2.24. The number of anilines is 2. The van der Waals surface area contributed by atoms with Crippen molar-refractivity contribution in [2.24, 2.45) is 0 Å². The lowest BCUT2D eigenvalue weighted by Crippen LogP contribution is -3.11. The number of para-hydroxylation sites is 3. The van der Waals surface area contributed by atoms with Crippen LogP contribution in [0.1, 0.15) is 37.7 Å². The van der Waals surface area contributed by atoms with Crippen LogP contribution in [0.4, 0.5) is 20.2 Å². The number of alkyl halides is 2. The molecular weight excluding hydrogens is 388 g/mol. The molecule has 1 amide bonds. The van der Waals surface area contributed by atoms with E-state index in [0.29, 0.717) is 6.04 Å². The molecule has 1 aliphatic carbocycles. The summed E-state index contributed by atoms with van der Waals surface area (Å²) < 4.78 is 29.5. The van der Waals surface area contributed by atoms with Gasteiger partial charge in [-0.3, -0.25) is 4.79 Å². The first-order valence-corrected chi connectivity index (χ1v) is 10.5. The van der Waals surface area contributed by atoms with Crippen molar-refractivity contribution in [1.82, 2.24) is 0 Å². The first-order valence-electron chi connectivity index (χ1n) is 10.5. The van der Waals surface area contributed by atoms with Gasteiger partial charge in [-0.1, -0.05) is 36.8 Å². The Hall–Kier alpha value is -2.67. The van der Waals surface area contributed by atoms with Crippen LogP contribution in [0.25, 0.3) is 0 Å². The Kier molecular flexibility index (Phi) is 8.02. The molecule has 0 radical (unpaired) electrons. The molecule has 5 nitrogen and oxygen atoms in total. The second-order valence-electron chi connectivity index (χ2n) is 7.79.